The number of likely N-dealkylation sites (tertiary alicyclic amines) is 1. The molecule has 1 saturated heterocycles. The Balaban J connectivity index is 1.85. The molecule has 0 saturated carbocycles. The van der Waals surface area contributed by atoms with E-state index in [0.717, 1.165) is 18.3 Å². The molecule has 1 aromatic carbocycles. The van der Waals surface area contributed by atoms with Crippen LogP contribution >= 0.6 is 11.6 Å². The fourth-order valence-corrected chi connectivity index (χ4v) is 2.84. The molecule has 0 radical (unpaired) electrons. The summed E-state index contributed by atoms with van der Waals surface area (Å²) < 4.78 is 0. The molecule has 2 rings (SSSR count). The summed E-state index contributed by atoms with van der Waals surface area (Å²) in [7, 11) is 0. The van der Waals surface area contributed by atoms with E-state index in [0.29, 0.717) is 0 Å². The Hall–Kier alpha value is -0.530. The Morgan fingerprint density at radius 3 is 2.81 bits per heavy atom. The predicted octanol–water partition coefficient (Wildman–Crippen LogP) is 3.53. The fraction of sp³-hybridized carbons (Fsp3) is 0.571. The Kier molecular flexibility index (Phi) is 4.68. The van der Waals surface area contributed by atoms with Crippen LogP contribution in [0.3, 0.4) is 0 Å². The highest BCUT2D eigenvalue weighted by Gasteiger charge is 2.19. The number of hydrogen-bond acceptors (Lipinski definition) is 1. The standard InChI is InChI=1S/C14H20ClN/c15-9-8-14-7-4-10-16(12-14)11-13-5-2-1-3-6-13/h1-3,5-6,14H,4,7-12H2/t14-/m1/s1. The van der Waals surface area contributed by atoms with E-state index in [4.69, 9.17) is 11.6 Å². The van der Waals surface area contributed by atoms with Gasteiger partial charge in [-0.05, 0) is 37.3 Å². The van der Waals surface area contributed by atoms with Crippen molar-refractivity contribution in [2.45, 2.75) is 25.8 Å². The Morgan fingerprint density at radius 1 is 1.25 bits per heavy atom. The van der Waals surface area contributed by atoms with Gasteiger partial charge in [0.15, 0.2) is 0 Å². The number of alkyl halides is 1. The van der Waals surface area contributed by atoms with Gasteiger partial charge in [-0.3, -0.25) is 4.90 Å². The summed E-state index contributed by atoms with van der Waals surface area (Å²) in [4.78, 5) is 2.57. The van der Waals surface area contributed by atoms with Gasteiger partial charge < -0.3 is 0 Å². The Bertz CT molecular complexity index is 297. The quantitative estimate of drug-likeness (QED) is 0.725. The van der Waals surface area contributed by atoms with Gasteiger partial charge in [0.05, 0.1) is 0 Å². The summed E-state index contributed by atoms with van der Waals surface area (Å²) in [5, 5.41) is 0. The van der Waals surface area contributed by atoms with Crippen LogP contribution in [0.1, 0.15) is 24.8 Å². The van der Waals surface area contributed by atoms with E-state index in [1.54, 1.807) is 0 Å². The van der Waals surface area contributed by atoms with Crippen molar-refractivity contribution in [1.82, 2.24) is 4.90 Å². The molecule has 0 bridgehead atoms. The molecule has 1 fully saturated rings. The topological polar surface area (TPSA) is 3.24 Å². The van der Waals surface area contributed by atoms with Gasteiger partial charge in [-0.25, -0.2) is 0 Å². The summed E-state index contributed by atoms with van der Waals surface area (Å²) in [6, 6.07) is 10.7. The Labute approximate surface area is 103 Å². The highest BCUT2D eigenvalue weighted by atomic mass is 35.5. The van der Waals surface area contributed by atoms with E-state index in [2.05, 4.69) is 35.2 Å². The Morgan fingerprint density at radius 2 is 2.06 bits per heavy atom. The third kappa shape index (κ3) is 3.50. The molecule has 0 aromatic heterocycles. The maximum Gasteiger partial charge on any atom is 0.0233 e. The normalized spacial score (nSPS) is 22.2. The number of nitrogens with zero attached hydrogens (tertiary/aromatic N) is 1. The average Bonchev–Trinajstić information content (AvgIpc) is 2.31. The van der Waals surface area contributed by atoms with Gasteiger partial charge >= 0.3 is 0 Å². The van der Waals surface area contributed by atoms with E-state index in [1.807, 2.05) is 0 Å². The lowest BCUT2D eigenvalue weighted by atomic mass is 9.95. The van der Waals surface area contributed by atoms with Crippen LogP contribution in [0.2, 0.25) is 0 Å². The minimum absolute atomic E-state index is 0.809. The molecule has 1 atom stereocenters. The molecule has 1 aromatic rings. The van der Waals surface area contributed by atoms with Gasteiger partial charge in [-0.1, -0.05) is 30.3 Å². The third-order valence-electron chi connectivity index (χ3n) is 3.37. The lowest BCUT2D eigenvalue weighted by Crippen LogP contribution is -2.35. The highest BCUT2D eigenvalue weighted by Crippen LogP contribution is 2.21. The molecule has 1 aliphatic heterocycles. The minimum Gasteiger partial charge on any atom is -0.299 e. The summed E-state index contributed by atoms with van der Waals surface area (Å²) in [6.07, 6.45) is 3.86. The van der Waals surface area contributed by atoms with Crippen LogP contribution in [-0.4, -0.2) is 23.9 Å². The second-order valence-electron chi connectivity index (χ2n) is 4.71. The number of hydrogen-bond donors (Lipinski definition) is 0. The first-order chi connectivity index (χ1) is 7.88. The van der Waals surface area contributed by atoms with Crippen molar-refractivity contribution >= 4 is 11.6 Å². The lowest BCUT2D eigenvalue weighted by Gasteiger charge is -2.32. The monoisotopic (exact) mass is 237 g/mol. The maximum absolute atomic E-state index is 5.82. The SMILES string of the molecule is ClCC[C@H]1CCCN(Cc2ccccc2)C1. The molecule has 1 aliphatic rings. The third-order valence-corrected chi connectivity index (χ3v) is 3.59. The zero-order valence-electron chi connectivity index (χ0n) is 9.74. The van der Waals surface area contributed by atoms with Crippen LogP contribution in [0.5, 0.6) is 0 Å². The first kappa shape index (κ1) is 11.9. The van der Waals surface area contributed by atoms with E-state index in [1.165, 1.54) is 37.9 Å². The van der Waals surface area contributed by atoms with Crippen LogP contribution in [-0.2, 0) is 6.54 Å². The van der Waals surface area contributed by atoms with E-state index >= 15 is 0 Å². The molecule has 0 amide bonds. The largest absolute Gasteiger partial charge is 0.299 e. The second kappa shape index (κ2) is 6.27. The molecular weight excluding hydrogens is 218 g/mol. The van der Waals surface area contributed by atoms with Crippen LogP contribution in [0.4, 0.5) is 0 Å². The van der Waals surface area contributed by atoms with Crippen molar-refractivity contribution in [2.24, 2.45) is 5.92 Å². The summed E-state index contributed by atoms with van der Waals surface area (Å²) in [6.45, 7) is 3.56. The molecule has 16 heavy (non-hydrogen) atoms. The van der Waals surface area contributed by atoms with E-state index < -0.39 is 0 Å². The number of benzene rings is 1. The van der Waals surface area contributed by atoms with Crippen molar-refractivity contribution in [1.29, 1.82) is 0 Å². The molecule has 0 spiro atoms. The van der Waals surface area contributed by atoms with Crippen LogP contribution in [0.25, 0.3) is 0 Å². The minimum atomic E-state index is 0.809. The molecule has 2 heteroatoms. The van der Waals surface area contributed by atoms with Crippen molar-refractivity contribution in [3.8, 4) is 0 Å². The van der Waals surface area contributed by atoms with Crippen molar-refractivity contribution in [3.05, 3.63) is 35.9 Å². The summed E-state index contributed by atoms with van der Waals surface area (Å²) in [5.41, 5.74) is 1.43. The van der Waals surface area contributed by atoms with Crippen molar-refractivity contribution < 1.29 is 0 Å². The lowest BCUT2D eigenvalue weighted by molar-refractivity contribution is 0.165. The molecule has 0 N–H and O–H groups in total. The predicted molar refractivity (Wildman–Crippen MR) is 69.8 cm³/mol. The zero-order chi connectivity index (χ0) is 11.2. The molecule has 0 aliphatic carbocycles. The number of halogens is 1. The average molecular weight is 238 g/mol. The van der Waals surface area contributed by atoms with E-state index in [9.17, 15) is 0 Å². The molecule has 1 nitrogen and oxygen atoms in total. The maximum atomic E-state index is 5.82. The zero-order valence-corrected chi connectivity index (χ0v) is 10.5. The molecule has 0 unspecified atom stereocenters. The highest BCUT2D eigenvalue weighted by molar-refractivity contribution is 6.17. The van der Waals surface area contributed by atoms with Crippen molar-refractivity contribution in [3.63, 3.8) is 0 Å². The molecule has 88 valence electrons. The van der Waals surface area contributed by atoms with Crippen molar-refractivity contribution in [2.75, 3.05) is 19.0 Å². The van der Waals surface area contributed by atoms with Gasteiger partial charge in [-0.2, -0.15) is 0 Å². The second-order valence-corrected chi connectivity index (χ2v) is 5.08. The smallest absolute Gasteiger partial charge is 0.0233 e. The van der Waals surface area contributed by atoms with Crippen LogP contribution < -0.4 is 0 Å². The van der Waals surface area contributed by atoms with E-state index in [-0.39, 0.29) is 0 Å². The molecule has 1 heterocycles. The van der Waals surface area contributed by atoms with Gasteiger partial charge in [0, 0.05) is 19.0 Å². The number of piperidine rings is 1. The first-order valence-electron chi connectivity index (χ1n) is 6.20. The molecular formula is C14H20ClN. The van der Waals surface area contributed by atoms with Crippen LogP contribution in [0.15, 0.2) is 30.3 Å². The summed E-state index contributed by atoms with van der Waals surface area (Å²) >= 11 is 5.82. The van der Waals surface area contributed by atoms with Gasteiger partial charge in [0.1, 0.15) is 0 Å². The van der Waals surface area contributed by atoms with Gasteiger partial charge in [0.25, 0.3) is 0 Å². The van der Waals surface area contributed by atoms with Gasteiger partial charge in [0.2, 0.25) is 0 Å². The van der Waals surface area contributed by atoms with Crippen LogP contribution in [0, 0.1) is 5.92 Å². The van der Waals surface area contributed by atoms with Gasteiger partial charge in [-0.15, -0.1) is 11.6 Å². The fourth-order valence-electron chi connectivity index (χ4n) is 2.53. The first-order valence-corrected chi connectivity index (χ1v) is 6.74. The summed E-state index contributed by atoms with van der Waals surface area (Å²) in [5.74, 6) is 1.62. The number of rotatable bonds is 4.